The Morgan fingerprint density at radius 2 is 1.45 bits per heavy atom. The molecule has 1 heterocycles. The van der Waals surface area contributed by atoms with Crippen molar-refractivity contribution >= 4 is 59.2 Å². The number of carbonyl (C=O) groups excluding carboxylic acids is 9. The number of likely N-dealkylation sites (N-methyl/N-ethyl adjacent to an activating group) is 2. The fourth-order valence-corrected chi connectivity index (χ4v) is 15.8. The SMILES string of the molecule is CCCC1O[C@@H]2C[C@H]3[C@@H]4CCC5=CC(=O)C=C[C@]5(C)[C@H]4[C@@H](O)C[C@]3(C)[C@]2(C(=O)COC(=O)N(C)CCN(C)C(=O)OCc2ccc(NC(=O)[C@H](CCCNC(N)=O)CC(=O)[C@@H](NC(=O)CCOCCOCCOCCOCCNC(=O)OCC3C4CCC#CCCC43)C(C)C)cc2)O1. The molecular formula is C72H105N7O19. The molecule has 7 aliphatic rings. The summed E-state index contributed by atoms with van der Waals surface area (Å²) in [5, 5.41) is 23.0. The summed E-state index contributed by atoms with van der Waals surface area (Å²) < 4.78 is 52.1. The minimum atomic E-state index is -1.46. The molecule has 1 aromatic rings. The Kier molecular flexibility index (Phi) is 28.5. The minimum Gasteiger partial charge on any atom is -0.449 e. The van der Waals surface area contributed by atoms with Crippen LogP contribution in [0.25, 0.3) is 0 Å². The number of rotatable bonds is 38. The van der Waals surface area contributed by atoms with Crippen LogP contribution in [0.4, 0.5) is 24.9 Å². The fraction of sp³-hybridized carbons (Fsp3) is 0.708. The highest BCUT2D eigenvalue weighted by atomic mass is 16.7. The molecule has 13 atom stereocenters. The van der Waals surface area contributed by atoms with E-state index >= 15 is 0 Å². The van der Waals surface area contributed by atoms with Gasteiger partial charge in [-0.25, -0.2) is 19.2 Å². The van der Waals surface area contributed by atoms with E-state index in [9.17, 15) is 48.3 Å². The Labute approximate surface area is 575 Å². The number of carbonyl (C=O) groups is 9. The Morgan fingerprint density at radius 1 is 0.806 bits per heavy atom. The Balaban J connectivity index is 0.695. The molecule has 0 bridgehead atoms. The van der Waals surface area contributed by atoms with Gasteiger partial charge in [-0.2, -0.15) is 0 Å². The van der Waals surface area contributed by atoms with E-state index < -0.39 is 95.4 Å². The normalized spacial score (nSPS) is 27.6. The van der Waals surface area contributed by atoms with Gasteiger partial charge in [0, 0.05) is 94.3 Å². The molecule has 5 fully saturated rings. The highest BCUT2D eigenvalue weighted by Gasteiger charge is 2.76. The maximum atomic E-state index is 14.7. The van der Waals surface area contributed by atoms with Gasteiger partial charge < -0.3 is 84.5 Å². The number of nitrogens with one attached hydrogen (secondary N) is 4. The van der Waals surface area contributed by atoms with Crippen molar-refractivity contribution in [2.45, 2.75) is 161 Å². The van der Waals surface area contributed by atoms with Crippen molar-refractivity contribution in [2.75, 3.05) is 112 Å². The van der Waals surface area contributed by atoms with Crippen LogP contribution >= 0.6 is 0 Å². The Hall–Kier alpha value is -6.99. The lowest BCUT2D eigenvalue weighted by molar-refractivity contribution is -0.200. The van der Waals surface area contributed by atoms with Crippen molar-refractivity contribution in [3.05, 3.63) is 53.6 Å². The minimum absolute atomic E-state index is 0.0142. The van der Waals surface area contributed by atoms with Gasteiger partial charge in [0.1, 0.15) is 6.61 Å². The van der Waals surface area contributed by atoms with Crippen LogP contribution in [0.3, 0.4) is 0 Å². The van der Waals surface area contributed by atoms with E-state index in [2.05, 4.69) is 40.0 Å². The molecule has 4 saturated carbocycles. The van der Waals surface area contributed by atoms with E-state index in [1.807, 2.05) is 19.9 Å². The van der Waals surface area contributed by atoms with Crippen molar-refractivity contribution in [2.24, 2.45) is 63.9 Å². The number of alkyl carbamates (subject to hydrolysis) is 1. The number of hydrogen-bond donors (Lipinski definition) is 6. The third kappa shape index (κ3) is 19.9. The summed E-state index contributed by atoms with van der Waals surface area (Å²) in [7, 11) is 3.01. The van der Waals surface area contributed by atoms with Crippen molar-refractivity contribution < 1.29 is 90.9 Å². The number of anilines is 1. The zero-order valence-corrected chi connectivity index (χ0v) is 58.2. The second kappa shape index (κ2) is 36.4. The number of ether oxygens (including phenoxy) is 9. The van der Waals surface area contributed by atoms with Gasteiger partial charge >= 0.3 is 24.3 Å². The molecule has 26 heteroatoms. The summed E-state index contributed by atoms with van der Waals surface area (Å²) in [4.78, 5) is 121. The van der Waals surface area contributed by atoms with Crippen LogP contribution in [0.5, 0.6) is 0 Å². The average molecular weight is 1370 g/mol. The average Bonchev–Trinajstić information content (AvgIpc) is 1.48. The molecule has 1 saturated heterocycles. The summed E-state index contributed by atoms with van der Waals surface area (Å²) in [6, 6.07) is 4.97. The monoisotopic (exact) mass is 1370 g/mol. The first kappa shape index (κ1) is 76.8. The summed E-state index contributed by atoms with van der Waals surface area (Å²) in [5.41, 5.74) is 4.50. The highest BCUT2D eigenvalue weighted by molar-refractivity contribution is 6.01. The van der Waals surface area contributed by atoms with E-state index in [4.69, 9.17) is 48.4 Å². The largest absolute Gasteiger partial charge is 0.449 e. The highest BCUT2D eigenvalue weighted by Crippen LogP contribution is 2.70. The lowest BCUT2D eigenvalue weighted by Crippen LogP contribution is -2.63. The number of nitrogens with two attached hydrogens (primary N) is 1. The molecule has 0 aromatic heterocycles. The molecule has 1 aromatic carbocycles. The van der Waals surface area contributed by atoms with Gasteiger partial charge in [-0.1, -0.05) is 64.8 Å². The first-order valence-electron chi connectivity index (χ1n) is 35.2. The van der Waals surface area contributed by atoms with Gasteiger partial charge in [-0.3, -0.25) is 24.0 Å². The van der Waals surface area contributed by atoms with Crippen LogP contribution < -0.4 is 27.0 Å². The zero-order valence-electron chi connectivity index (χ0n) is 58.2. The van der Waals surface area contributed by atoms with Gasteiger partial charge in [0.05, 0.1) is 77.7 Å². The Bertz CT molecular complexity index is 3040. The fourth-order valence-electron chi connectivity index (χ4n) is 15.8. The van der Waals surface area contributed by atoms with Gasteiger partial charge in [-0.05, 0) is 123 Å². The molecule has 7 amide bonds. The van der Waals surface area contributed by atoms with Crippen molar-refractivity contribution in [1.82, 2.24) is 25.8 Å². The number of Topliss-reactive ketones (excluding diaryl/α,β-unsaturated/α-hetero) is 2. The molecular weight excluding hydrogens is 1270 g/mol. The van der Waals surface area contributed by atoms with Crippen LogP contribution in [0.15, 0.2) is 48.1 Å². The van der Waals surface area contributed by atoms with Gasteiger partial charge in [0.25, 0.3) is 0 Å². The maximum Gasteiger partial charge on any atom is 0.409 e. The standard InChI is InChI=1S/C72H105N7O19/c1-8-14-62-97-60-41-56-54-23-20-49-40-51(80)24-26-70(49,4)63(54)58(82)42-71(56,5)72(60,98-62)59(83)45-96-69(89)79(7)30-29-78(6)68(88)95-43-47-18-21-50(22-19-47)76-65(85)48(15-13-27-74-66(73)86)39-57(81)64(46(2)3)77-61(84)25-31-90-33-35-92-37-38-93-36-34-91-32-28-75-67(87)94-44-55-52-16-11-9-10-12-17-53(52)55/h18-19,21-22,24,26,40,46,48,52-56,58,60,62-64,82H,8,11-17,20,23,25,27-39,41-45H2,1-7H3,(H,75,87)(H,76,85)(H,77,84)(H3,73,74,86)/t48-,52?,53?,54+,55?,56+,58+,60-,62?,63-,64+,70+,71+,72-/m1/s1. The lowest BCUT2D eigenvalue weighted by atomic mass is 9.46. The number of fused-ring (bicyclic) bond motifs is 8. The molecule has 6 aliphatic carbocycles. The number of primary amides is 1. The van der Waals surface area contributed by atoms with E-state index in [1.54, 1.807) is 50.3 Å². The lowest BCUT2D eigenvalue weighted by Gasteiger charge is -2.59. The molecule has 98 heavy (non-hydrogen) atoms. The molecule has 1 aliphatic heterocycles. The van der Waals surface area contributed by atoms with E-state index in [-0.39, 0.29) is 107 Å². The summed E-state index contributed by atoms with van der Waals surface area (Å²) in [5.74, 6) is 5.06. The number of aliphatic hydroxyl groups is 1. The van der Waals surface area contributed by atoms with Crippen LogP contribution in [0.2, 0.25) is 0 Å². The number of amides is 7. The molecule has 0 spiro atoms. The van der Waals surface area contributed by atoms with Crippen molar-refractivity contribution in [3.63, 3.8) is 0 Å². The van der Waals surface area contributed by atoms with E-state index in [1.165, 1.54) is 23.9 Å². The summed E-state index contributed by atoms with van der Waals surface area (Å²) in [6.07, 6.45) is 9.24. The third-order valence-corrected chi connectivity index (χ3v) is 21.1. The second-order valence-corrected chi connectivity index (χ2v) is 27.9. The number of allylic oxidation sites excluding steroid dienone is 4. The van der Waals surface area contributed by atoms with Gasteiger partial charge in [0.2, 0.25) is 17.6 Å². The first-order chi connectivity index (χ1) is 47.0. The topological polar surface area (TPSA) is 338 Å². The van der Waals surface area contributed by atoms with Gasteiger partial charge in [0.15, 0.2) is 30.1 Å². The molecule has 8 rings (SSSR count). The van der Waals surface area contributed by atoms with Gasteiger partial charge in [-0.15, -0.1) is 11.8 Å². The first-order valence-corrected chi connectivity index (χ1v) is 35.2. The summed E-state index contributed by atoms with van der Waals surface area (Å²) >= 11 is 0. The number of benzene rings is 1. The number of urea groups is 1. The molecule has 3 unspecified atom stereocenters. The van der Waals surface area contributed by atoms with E-state index in [0.717, 1.165) is 44.1 Å². The smallest absolute Gasteiger partial charge is 0.409 e. The van der Waals surface area contributed by atoms with Crippen LogP contribution in [-0.2, 0) is 73.2 Å². The predicted octanol–water partition coefficient (Wildman–Crippen LogP) is 6.79. The van der Waals surface area contributed by atoms with E-state index in [0.29, 0.717) is 101 Å². The predicted molar refractivity (Wildman–Crippen MR) is 358 cm³/mol. The molecule has 7 N–H and O–H groups in total. The van der Waals surface area contributed by atoms with Crippen LogP contribution in [0, 0.1) is 70.0 Å². The zero-order chi connectivity index (χ0) is 70.6. The third-order valence-electron chi connectivity index (χ3n) is 21.1. The van der Waals surface area contributed by atoms with Crippen LogP contribution in [0.1, 0.15) is 130 Å². The molecule has 0 radical (unpaired) electrons. The number of hydrogen-bond acceptors (Lipinski definition) is 19. The van der Waals surface area contributed by atoms with Crippen molar-refractivity contribution in [3.8, 4) is 11.8 Å². The van der Waals surface area contributed by atoms with Crippen molar-refractivity contribution in [1.29, 1.82) is 0 Å². The number of nitrogens with zero attached hydrogens (tertiary/aromatic N) is 2. The second-order valence-electron chi connectivity index (χ2n) is 27.9. The Morgan fingerprint density at radius 3 is 2.09 bits per heavy atom. The molecule has 542 valence electrons. The number of aliphatic hydroxyl groups excluding tert-OH is 1. The molecule has 26 nitrogen and oxygen atoms in total. The maximum absolute atomic E-state index is 14.7. The van der Waals surface area contributed by atoms with Crippen LogP contribution in [-0.4, -0.2) is 205 Å². The summed E-state index contributed by atoms with van der Waals surface area (Å²) in [6.45, 7) is 12.3. The quantitative estimate of drug-likeness (QED) is 0.0225. The number of ketones is 3.